The highest BCUT2D eigenvalue weighted by atomic mass is 79.9. The third-order valence-corrected chi connectivity index (χ3v) is 6.93. The van der Waals surface area contributed by atoms with Gasteiger partial charge in [-0.2, -0.15) is 13.2 Å². The highest BCUT2D eigenvalue weighted by Crippen LogP contribution is 2.45. The number of carbonyl (C=O) groups excluding carboxylic acids is 3. The molecule has 0 bridgehead atoms. The number of fused-ring (bicyclic) bond motifs is 1. The molecule has 0 radical (unpaired) electrons. The van der Waals surface area contributed by atoms with Crippen LogP contribution in [0.25, 0.3) is 0 Å². The molecule has 2 aromatic carbocycles. The first-order valence-corrected chi connectivity index (χ1v) is 12.5. The SMILES string of the molecule is CCOC(=O)N1CCC2(CC1)C[C@H](NC(=O)c1ccccc1NC(=O)C(F)(F)F)c1cc(Br)ccc1O2. The predicted octanol–water partition coefficient (Wildman–Crippen LogP) is 5.19. The first-order valence-electron chi connectivity index (χ1n) is 11.7. The number of amides is 3. The Hall–Kier alpha value is -3.28. The van der Waals surface area contributed by atoms with E-state index in [9.17, 15) is 27.6 Å². The van der Waals surface area contributed by atoms with E-state index >= 15 is 0 Å². The number of nitrogens with one attached hydrogen (secondary N) is 2. The zero-order valence-corrected chi connectivity index (χ0v) is 21.4. The fourth-order valence-electron chi connectivity index (χ4n) is 4.61. The van der Waals surface area contributed by atoms with E-state index < -0.39 is 29.6 Å². The van der Waals surface area contributed by atoms with Gasteiger partial charge in [-0.1, -0.05) is 28.1 Å². The fourth-order valence-corrected chi connectivity index (χ4v) is 4.99. The number of rotatable bonds is 4. The minimum Gasteiger partial charge on any atom is -0.487 e. The molecular weight excluding hydrogens is 559 g/mol. The van der Waals surface area contributed by atoms with Crippen molar-refractivity contribution in [2.24, 2.45) is 0 Å². The largest absolute Gasteiger partial charge is 0.487 e. The van der Waals surface area contributed by atoms with Crippen molar-refractivity contribution in [1.82, 2.24) is 10.2 Å². The Morgan fingerprint density at radius 3 is 2.54 bits per heavy atom. The first-order chi connectivity index (χ1) is 17.5. The summed E-state index contributed by atoms with van der Waals surface area (Å²) in [5.41, 5.74) is -0.306. The van der Waals surface area contributed by atoms with Crippen LogP contribution < -0.4 is 15.4 Å². The number of para-hydroxylation sites is 1. The average molecular weight is 584 g/mol. The van der Waals surface area contributed by atoms with Gasteiger partial charge in [0.25, 0.3) is 5.91 Å². The summed E-state index contributed by atoms with van der Waals surface area (Å²) in [5.74, 6) is -2.24. The number of hydrogen-bond donors (Lipinski definition) is 2. The van der Waals surface area contributed by atoms with Crippen molar-refractivity contribution in [1.29, 1.82) is 0 Å². The molecule has 2 aliphatic rings. The molecule has 0 saturated carbocycles. The van der Waals surface area contributed by atoms with Gasteiger partial charge < -0.3 is 25.0 Å². The first kappa shape index (κ1) is 26.8. The lowest BCUT2D eigenvalue weighted by Crippen LogP contribution is -2.53. The summed E-state index contributed by atoms with van der Waals surface area (Å²) >= 11 is 3.43. The van der Waals surface area contributed by atoms with Crippen LogP contribution in [-0.4, -0.2) is 54.3 Å². The molecule has 3 amide bonds. The van der Waals surface area contributed by atoms with Gasteiger partial charge in [0.2, 0.25) is 0 Å². The van der Waals surface area contributed by atoms with Gasteiger partial charge in [-0.3, -0.25) is 9.59 Å². The smallest absolute Gasteiger partial charge is 0.471 e. The molecule has 2 aromatic rings. The van der Waals surface area contributed by atoms with Crippen molar-refractivity contribution >= 4 is 39.5 Å². The number of alkyl halides is 3. The van der Waals surface area contributed by atoms with Gasteiger partial charge in [-0.15, -0.1) is 0 Å². The van der Waals surface area contributed by atoms with Crippen molar-refractivity contribution in [3.63, 3.8) is 0 Å². The molecule has 2 aliphatic heterocycles. The van der Waals surface area contributed by atoms with Crippen LogP contribution in [0.2, 0.25) is 0 Å². The second-order valence-corrected chi connectivity index (χ2v) is 9.80. The highest BCUT2D eigenvalue weighted by Gasteiger charge is 2.45. The van der Waals surface area contributed by atoms with Crippen LogP contribution in [0.5, 0.6) is 5.75 Å². The minimum atomic E-state index is -5.10. The van der Waals surface area contributed by atoms with Crippen LogP contribution in [0.15, 0.2) is 46.9 Å². The highest BCUT2D eigenvalue weighted by molar-refractivity contribution is 9.10. The molecule has 1 spiro atoms. The second kappa shape index (κ2) is 10.6. The van der Waals surface area contributed by atoms with Gasteiger partial charge in [-0.05, 0) is 37.3 Å². The van der Waals surface area contributed by atoms with Crippen LogP contribution in [0.3, 0.4) is 0 Å². The Kier molecular flexibility index (Phi) is 7.67. The average Bonchev–Trinajstić information content (AvgIpc) is 2.85. The molecule has 0 unspecified atom stereocenters. The third kappa shape index (κ3) is 6.00. The maximum absolute atomic E-state index is 13.3. The lowest BCUT2D eigenvalue weighted by molar-refractivity contribution is -0.167. The normalized spacial score (nSPS) is 18.4. The number of ether oxygens (including phenoxy) is 2. The fraction of sp³-hybridized carbons (Fsp3) is 0.400. The molecule has 2 heterocycles. The molecule has 198 valence electrons. The van der Waals surface area contributed by atoms with Crippen molar-refractivity contribution in [3.05, 3.63) is 58.1 Å². The van der Waals surface area contributed by atoms with Crippen LogP contribution in [0.4, 0.5) is 23.7 Å². The Balaban J connectivity index is 1.57. The second-order valence-electron chi connectivity index (χ2n) is 8.88. The number of benzene rings is 2. The molecule has 12 heteroatoms. The van der Waals surface area contributed by atoms with Crippen LogP contribution in [0, 0.1) is 0 Å². The molecule has 8 nitrogen and oxygen atoms in total. The molecule has 4 rings (SSSR count). The standard InChI is InChI=1S/C25H25BrF3N3O5/c1-2-36-23(35)32-11-9-24(10-12-32)14-19(17-13-15(26)7-8-20(17)37-24)30-21(33)16-5-3-4-6-18(16)31-22(34)25(27,28)29/h3-8,13,19H,2,9-12,14H2,1H3,(H,30,33)(H,31,34)/t19-/m0/s1. The molecular formula is C25H25BrF3N3O5. The van der Waals surface area contributed by atoms with E-state index in [1.807, 2.05) is 12.1 Å². The van der Waals surface area contributed by atoms with Gasteiger partial charge in [-0.25, -0.2) is 4.79 Å². The van der Waals surface area contributed by atoms with Gasteiger partial charge in [0.1, 0.15) is 11.4 Å². The molecule has 37 heavy (non-hydrogen) atoms. The van der Waals surface area contributed by atoms with E-state index in [4.69, 9.17) is 9.47 Å². The van der Waals surface area contributed by atoms with Crippen LogP contribution in [0.1, 0.15) is 48.1 Å². The summed E-state index contributed by atoms with van der Waals surface area (Å²) in [4.78, 5) is 38.5. The number of piperidine rings is 1. The lowest BCUT2D eigenvalue weighted by Gasteiger charge is -2.46. The Labute approximate surface area is 219 Å². The number of nitrogens with zero attached hydrogens (tertiary/aromatic N) is 1. The van der Waals surface area contributed by atoms with Crippen molar-refractivity contribution in [2.75, 3.05) is 25.0 Å². The summed E-state index contributed by atoms with van der Waals surface area (Å²) in [7, 11) is 0. The third-order valence-electron chi connectivity index (χ3n) is 6.43. The van der Waals surface area contributed by atoms with Crippen molar-refractivity contribution in [3.8, 4) is 5.75 Å². The topological polar surface area (TPSA) is 97.0 Å². The van der Waals surface area contributed by atoms with E-state index in [1.54, 1.807) is 23.2 Å². The summed E-state index contributed by atoms with van der Waals surface area (Å²) < 4.78 is 50.7. The number of likely N-dealkylation sites (tertiary alicyclic amines) is 1. The molecule has 0 aliphatic carbocycles. The Morgan fingerprint density at radius 1 is 1.16 bits per heavy atom. The molecule has 0 aromatic heterocycles. The summed E-state index contributed by atoms with van der Waals surface area (Å²) in [6.45, 7) is 2.84. The Morgan fingerprint density at radius 2 is 1.86 bits per heavy atom. The van der Waals surface area contributed by atoms with Gasteiger partial charge >= 0.3 is 18.2 Å². The van der Waals surface area contributed by atoms with Crippen molar-refractivity contribution < 1.29 is 37.0 Å². The summed E-state index contributed by atoms with van der Waals surface area (Å²) in [5, 5.41) is 4.69. The maximum Gasteiger partial charge on any atom is 0.471 e. The Bertz CT molecular complexity index is 1200. The maximum atomic E-state index is 13.3. The van der Waals surface area contributed by atoms with Crippen LogP contribution in [-0.2, 0) is 9.53 Å². The van der Waals surface area contributed by atoms with E-state index in [2.05, 4.69) is 21.2 Å². The van der Waals surface area contributed by atoms with Gasteiger partial charge in [0.15, 0.2) is 0 Å². The number of anilines is 1. The predicted molar refractivity (Wildman–Crippen MR) is 131 cm³/mol. The van der Waals surface area contributed by atoms with Crippen LogP contribution >= 0.6 is 15.9 Å². The molecule has 1 saturated heterocycles. The van der Waals surface area contributed by atoms with E-state index in [0.29, 0.717) is 43.7 Å². The van der Waals surface area contributed by atoms with E-state index in [0.717, 1.165) is 4.47 Å². The minimum absolute atomic E-state index is 0.102. The number of halogens is 4. The summed E-state index contributed by atoms with van der Waals surface area (Å²) in [6.07, 6.45) is -4.09. The molecule has 1 fully saturated rings. The van der Waals surface area contributed by atoms with Crippen molar-refractivity contribution in [2.45, 2.75) is 44.0 Å². The van der Waals surface area contributed by atoms with E-state index in [1.165, 1.54) is 24.3 Å². The number of carbonyl (C=O) groups is 3. The van der Waals surface area contributed by atoms with Gasteiger partial charge in [0, 0.05) is 42.4 Å². The molecule has 2 N–H and O–H groups in total. The lowest BCUT2D eigenvalue weighted by atomic mass is 9.80. The zero-order chi connectivity index (χ0) is 26.8. The number of hydrogen-bond acceptors (Lipinski definition) is 5. The monoisotopic (exact) mass is 583 g/mol. The van der Waals surface area contributed by atoms with Gasteiger partial charge in [0.05, 0.1) is 23.9 Å². The molecule has 1 atom stereocenters. The zero-order valence-electron chi connectivity index (χ0n) is 19.9. The summed E-state index contributed by atoms with van der Waals surface area (Å²) in [6, 6.07) is 10.4. The quantitative estimate of drug-likeness (QED) is 0.516. The van der Waals surface area contributed by atoms with E-state index in [-0.39, 0.29) is 24.0 Å².